The number of benzene rings is 2. The van der Waals surface area contributed by atoms with Crippen LogP contribution in [0.25, 0.3) is 0 Å². The van der Waals surface area contributed by atoms with Gasteiger partial charge in [0.2, 0.25) is 12.5 Å². The fourth-order valence-corrected chi connectivity index (χ4v) is 2.77. The number of nitrogens with zero attached hydrogens (tertiary/aromatic N) is 1. The van der Waals surface area contributed by atoms with E-state index in [1.165, 1.54) is 25.1 Å². The quantitative estimate of drug-likeness (QED) is 0.312. The number of hydrogen-bond acceptors (Lipinski definition) is 5. The summed E-state index contributed by atoms with van der Waals surface area (Å²) in [6, 6.07) is 7.27. The van der Waals surface area contributed by atoms with E-state index in [-0.39, 0.29) is 17.9 Å². The fourth-order valence-electron chi connectivity index (χ4n) is 2.77. The second-order valence-electron chi connectivity index (χ2n) is 5.99. The van der Waals surface area contributed by atoms with Crippen LogP contribution >= 0.6 is 0 Å². The molecule has 2 aromatic rings. The number of carbonyl (C=O) groups excluding carboxylic acids is 2. The van der Waals surface area contributed by atoms with E-state index in [1.807, 2.05) is 0 Å². The number of halogens is 3. The summed E-state index contributed by atoms with van der Waals surface area (Å²) in [6.45, 7) is 0.397. The highest BCUT2D eigenvalue weighted by Crippen LogP contribution is 2.33. The lowest BCUT2D eigenvalue weighted by Crippen LogP contribution is -2.49. The number of nitrogens with one attached hydrogen (secondary N) is 1. The Balaban J connectivity index is 2.63. The molecule has 1 atom stereocenters. The Morgan fingerprint density at radius 3 is 2.38 bits per heavy atom. The van der Waals surface area contributed by atoms with E-state index in [1.54, 1.807) is 0 Å². The number of nitro groups is 1. The third-order valence-electron chi connectivity index (χ3n) is 4.22. The van der Waals surface area contributed by atoms with Gasteiger partial charge < -0.3 is 10.1 Å². The zero-order valence-electron chi connectivity index (χ0n) is 15.3. The third kappa shape index (κ3) is 4.71. The molecule has 0 aliphatic rings. The van der Waals surface area contributed by atoms with E-state index in [4.69, 9.17) is 4.74 Å². The predicted octanol–water partition coefficient (Wildman–Crippen LogP) is 3.21. The highest BCUT2D eigenvalue weighted by Gasteiger charge is 2.50. The van der Waals surface area contributed by atoms with Crippen LogP contribution in [0, 0.1) is 27.6 Å². The van der Waals surface area contributed by atoms with Crippen molar-refractivity contribution >= 4 is 17.6 Å². The third-order valence-corrected chi connectivity index (χ3v) is 4.22. The van der Waals surface area contributed by atoms with Crippen LogP contribution in [0.5, 0.6) is 0 Å². The molecule has 1 unspecified atom stereocenters. The maximum absolute atomic E-state index is 14.0. The van der Waals surface area contributed by atoms with Crippen molar-refractivity contribution in [2.45, 2.75) is 18.8 Å². The number of rotatable bonds is 8. The summed E-state index contributed by atoms with van der Waals surface area (Å²) >= 11 is 0. The van der Waals surface area contributed by atoms with Crippen molar-refractivity contribution in [1.82, 2.24) is 0 Å². The smallest absolute Gasteiger partial charge is 0.326 e. The molecular formula is C19H17F3N2O5. The van der Waals surface area contributed by atoms with Crippen molar-refractivity contribution in [3.63, 3.8) is 0 Å². The van der Waals surface area contributed by atoms with Gasteiger partial charge in [-0.25, -0.2) is 13.2 Å². The summed E-state index contributed by atoms with van der Waals surface area (Å²) < 4.78 is 46.2. The van der Waals surface area contributed by atoms with E-state index in [2.05, 4.69) is 5.32 Å². The molecule has 0 aliphatic heterocycles. The molecular weight excluding hydrogens is 393 g/mol. The summed E-state index contributed by atoms with van der Waals surface area (Å²) in [5, 5.41) is 13.1. The topological polar surface area (TPSA) is 98.5 Å². The highest BCUT2D eigenvalue weighted by molar-refractivity contribution is 6.14. The number of hydrogen-bond donors (Lipinski definition) is 1. The molecule has 154 valence electrons. The fraction of sp³-hybridized carbons (Fsp3) is 0.263. The van der Waals surface area contributed by atoms with Crippen LogP contribution in [0.4, 0.5) is 18.9 Å². The molecule has 0 aromatic heterocycles. The van der Waals surface area contributed by atoms with Gasteiger partial charge >= 0.3 is 5.97 Å². The van der Waals surface area contributed by atoms with E-state index in [9.17, 15) is 32.9 Å². The molecule has 1 N–H and O–H groups in total. The Bertz CT molecular complexity index is 938. The normalized spacial score (nSPS) is 12.7. The number of carbonyl (C=O) groups is 2. The first kappa shape index (κ1) is 21.9. The van der Waals surface area contributed by atoms with Crippen LogP contribution in [0.1, 0.15) is 18.9 Å². The van der Waals surface area contributed by atoms with Gasteiger partial charge in [-0.1, -0.05) is 18.2 Å². The van der Waals surface area contributed by atoms with Gasteiger partial charge in [-0.3, -0.25) is 19.7 Å². The lowest BCUT2D eigenvalue weighted by atomic mass is 9.76. The van der Waals surface area contributed by atoms with Crippen LogP contribution in [-0.2, 0) is 19.7 Å². The monoisotopic (exact) mass is 410 g/mol. The van der Waals surface area contributed by atoms with Crippen LogP contribution in [0.2, 0.25) is 0 Å². The van der Waals surface area contributed by atoms with E-state index in [0.29, 0.717) is 12.1 Å². The van der Waals surface area contributed by atoms with Gasteiger partial charge in [0.05, 0.1) is 12.3 Å². The van der Waals surface area contributed by atoms with Gasteiger partial charge in [0.15, 0.2) is 17.0 Å². The average Bonchev–Trinajstić information content (AvgIpc) is 2.67. The van der Waals surface area contributed by atoms with Gasteiger partial charge in [-0.15, -0.1) is 0 Å². The number of amides is 1. The minimum atomic E-state index is -2.40. The molecule has 2 rings (SSSR count). The lowest BCUT2D eigenvalue weighted by Gasteiger charge is -2.29. The summed E-state index contributed by atoms with van der Waals surface area (Å²) in [4.78, 5) is 36.0. The summed E-state index contributed by atoms with van der Waals surface area (Å²) in [5.74, 6) is -5.81. The van der Waals surface area contributed by atoms with Crippen molar-refractivity contribution in [1.29, 1.82) is 0 Å². The molecule has 7 nitrogen and oxygen atoms in total. The first-order valence-corrected chi connectivity index (χ1v) is 8.53. The number of anilines is 1. The Morgan fingerprint density at radius 2 is 1.79 bits per heavy atom. The molecule has 1 amide bonds. The molecule has 0 spiro atoms. The predicted molar refractivity (Wildman–Crippen MR) is 96.2 cm³/mol. The molecule has 0 heterocycles. The molecule has 0 radical (unpaired) electrons. The van der Waals surface area contributed by atoms with Gasteiger partial charge in [-0.05, 0) is 36.8 Å². The highest BCUT2D eigenvalue weighted by atomic mass is 19.2. The van der Waals surface area contributed by atoms with Crippen molar-refractivity contribution in [2.75, 3.05) is 18.5 Å². The van der Waals surface area contributed by atoms with Gasteiger partial charge in [0.25, 0.3) is 0 Å². The summed E-state index contributed by atoms with van der Waals surface area (Å²) in [5.41, 5.74) is -3.06. The van der Waals surface area contributed by atoms with Crippen molar-refractivity contribution in [3.8, 4) is 0 Å². The minimum absolute atomic E-state index is 0.185. The number of para-hydroxylation sites is 1. The standard InChI is InChI=1S/C19H17F3N2O5/c1-2-29-18(26)19(9-10-24(27)28,12-7-8-13(20)15(22)11-12)17(25)23-16-6-4-3-5-14(16)21/h3-8,11H,2,9-10H2,1H3,(H,23,25). The summed E-state index contributed by atoms with van der Waals surface area (Å²) in [7, 11) is 0. The van der Waals surface area contributed by atoms with Gasteiger partial charge in [0.1, 0.15) is 5.82 Å². The SMILES string of the molecule is CCOC(=O)C(CC[N+](=O)[O-])(C(=O)Nc1ccccc1F)c1ccc(F)c(F)c1. The van der Waals surface area contributed by atoms with Crippen molar-refractivity contribution in [3.05, 3.63) is 75.6 Å². The lowest BCUT2D eigenvalue weighted by molar-refractivity contribution is -0.481. The second-order valence-corrected chi connectivity index (χ2v) is 5.99. The van der Waals surface area contributed by atoms with Crippen LogP contribution < -0.4 is 5.32 Å². The molecule has 0 saturated carbocycles. The van der Waals surface area contributed by atoms with Gasteiger partial charge in [-0.2, -0.15) is 0 Å². The van der Waals surface area contributed by atoms with Crippen molar-refractivity contribution < 1.29 is 32.4 Å². The van der Waals surface area contributed by atoms with Crippen LogP contribution in [-0.4, -0.2) is 30.0 Å². The molecule has 0 fully saturated rings. The molecule has 2 aromatic carbocycles. The average molecular weight is 410 g/mol. The van der Waals surface area contributed by atoms with Crippen molar-refractivity contribution in [2.24, 2.45) is 0 Å². The zero-order valence-corrected chi connectivity index (χ0v) is 15.3. The van der Waals surface area contributed by atoms with Crippen LogP contribution in [0.15, 0.2) is 42.5 Å². The van der Waals surface area contributed by atoms with Crippen LogP contribution in [0.3, 0.4) is 0 Å². The largest absolute Gasteiger partial charge is 0.465 e. The maximum Gasteiger partial charge on any atom is 0.326 e. The molecule has 29 heavy (non-hydrogen) atoms. The first-order valence-electron chi connectivity index (χ1n) is 8.53. The Labute approximate surface area is 163 Å². The maximum atomic E-state index is 14.0. The van der Waals surface area contributed by atoms with E-state index < -0.39 is 52.6 Å². The van der Waals surface area contributed by atoms with E-state index >= 15 is 0 Å². The van der Waals surface area contributed by atoms with Gasteiger partial charge in [0, 0.05) is 11.3 Å². The minimum Gasteiger partial charge on any atom is -0.465 e. The molecule has 0 bridgehead atoms. The molecule has 10 heteroatoms. The second kappa shape index (κ2) is 9.18. The Kier molecular flexibility index (Phi) is 6.92. The number of ether oxygens (including phenoxy) is 1. The number of esters is 1. The molecule has 0 aliphatic carbocycles. The first-order chi connectivity index (χ1) is 13.7. The Hall–Kier alpha value is -3.43. The Morgan fingerprint density at radius 1 is 1.10 bits per heavy atom. The summed E-state index contributed by atoms with van der Waals surface area (Å²) in [6.07, 6.45) is -0.718. The molecule has 0 saturated heterocycles. The zero-order chi connectivity index (χ0) is 21.6. The van der Waals surface area contributed by atoms with E-state index in [0.717, 1.165) is 12.1 Å².